The van der Waals surface area contributed by atoms with Gasteiger partial charge in [0.1, 0.15) is 5.65 Å². The average molecular weight is 357 g/mol. The molecule has 6 nitrogen and oxygen atoms in total. The maximum Gasteiger partial charge on any atom is 0.221 e. The van der Waals surface area contributed by atoms with Gasteiger partial charge in [-0.15, -0.1) is 0 Å². The van der Waals surface area contributed by atoms with Gasteiger partial charge in [0.15, 0.2) is 0 Å². The minimum atomic E-state index is -0.0848. The second-order valence-electron chi connectivity index (χ2n) is 6.96. The van der Waals surface area contributed by atoms with Crippen molar-refractivity contribution in [2.75, 3.05) is 0 Å². The summed E-state index contributed by atoms with van der Waals surface area (Å²) in [4.78, 5) is 17.0. The van der Waals surface area contributed by atoms with Crippen LogP contribution in [0, 0.1) is 6.92 Å². The van der Waals surface area contributed by atoms with Crippen LogP contribution in [0.1, 0.15) is 34.9 Å². The molecule has 0 bridgehead atoms. The van der Waals surface area contributed by atoms with E-state index >= 15 is 0 Å². The number of nitrogens with zero attached hydrogens (tertiary/aromatic N) is 4. The Balaban J connectivity index is 1.63. The summed E-state index contributed by atoms with van der Waals surface area (Å²) in [7, 11) is 0. The van der Waals surface area contributed by atoms with Gasteiger partial charge in [0.2, 0.25) is 5.91 Å². The molecule has 4 aromatic rings. The van der Waals surface area contributed by atoms with Crippen molar-refractivity contribution in [3.8, 4) is 5.69 Å². The molecule has 134 valence electrons. The van der Waals surface area contributed by atoms with Crippen LogP contribution in [0.25, 0.3) is 11.3 Å². The van der Waals surface area contributed by atoms with Crippen LogP contribution in [-0.4, -0.2) is 25.1 Å². The van der Waals surface area contributed by atoms with Crippen molar-refractivity contribution >= 4 is 11.6 Å². The van der Waals surface area contributed by atoms with Crippen molar-refractivity contribution < 1.29 is 4.79 Å². The van der Waals surface area contributed by atoms with E-state index in [-0.39, 0.29) is 11.8 Å². The van der Waals surface area contributed by atoms with Gasteiger partial charge < -0.3 is 9.72 Å². The first-order valence-corrected chi connectivity index (χ1v) is 9.03. The molecule has 6 heteroatoms. The number of pyridine rings is 1. The van der Waals surface area contributed by atoms with Crippen LogP contribution in [0.15, 0.2) is 61.1 Å². The average Bonchev–Trinajstić information content (AvgIpc) is 3.26. The van der Waals surface area contributed by atoms with Gasteiger partial charge in [-0.1, -0.05) is 18.2 Å². The lowest BCUT2D eigenvalue weighted by molar-refractivity contribution is -0.121. The molecule has 1 aliphatic rings. The first-order valence-electron chi connectivity index (χ1n) is 9.03. The first kappa shape index (κ1) is 15.8. The summed E-state index contributed by atoms with van der Waals surface area (Å²) < 4.78 is 3.96. The molecule has 1 aliphatic heterocycles. The molecule has 0 radical (unpaired) electrons. The fourth-order valence-electron chi connectivity index (χ4n) is 3.80. The van der Waals surface area contributed by atoms with Gasteiger partial charge in [0.25, 0.3) is 0 Å². The Hall–Kier alpha value is -3.41. The third-order valence-electron chi connectivity index (χ3n) is 5.09. The molecule has 4 heterocycles. The fraction of sp³-hybridized carbons (Fsp3) is 0.190. The third kappa shape index (κ3) is 2.70. The Kier molecular flexibility index (Phi) is 3.57. The number of hydrogen-bond donors (Lipinski definition) is 1. The zero-order valence-corrected chi connectivity index (χ0v) is 15.0. The number of nitrogens with one attached hydrogen (secondary N) is 1. The molecule has 1 atom stereocenters. The van der Waals surface area contributed by atoms with Crippen molar-refractivity contribution in [3.05, 3.63) is 83.6 Å². The monoisotopic (exact) mass is 357 g/mol. The number of benzene rings is 1. The van der Waals surface area contributed by atoms with Crippen LogP contribution in [0.5, 0.6) is 0 Å². The highest BCUT2D eigenvalue weighted by atomic mass is 16.1. The van der Waals surface area contributed by atoms with Gasteiger partial charge in [-0.3, -0.25) is 4.79 Å². The minimum Gasteiger partial charge on any atom is -0.350 e. The number of amides is 1. The van der Waals surface area contributed by atoms with Crippen LogP contribution < -0.4 is 5.32 Å². The molecule has 1 N–H and O–H groups in total. The van der Waals surface area contributed by atoms with E-state index in [4.69, 9.17) is 4.98 Å². The third-order valence-corrected chi connectivity index (χ3v) is 5.09. The summed E-state index contributed by atoms with van der Waals surface area (Å²) in [6.45, 7) is 2.52. The SMILES string of the molecule is Cc1cccc(-n2cc(C3CC(=O)NCc4nc5ccccn5c43)cn2)c1. The van der Waals surface area contributed by atoms with Crippen molar-refractivity contribution in [1.82, 2.24) is 24.5 Å². The van der Waals surface area contributed by atoms with Gasteiger partial charge >= 0.3 is 0 Å². The van der Waals surface area contributed by atoms with Crippen LogP contribution in [-0.2, 0) is 11.3 Å². The maximum absolute atomic E-state index is 12.3. The Bertz CT molecular complexity index is 1160. The fourth-order valence-corrected chi connectivity index (χ4v) is 3.80. The van der Waals surface area contributed by atoms with Crippen molar-refractivity contribution in [2.45, 2.75) is 25.8 Å². The van der Waals surface area contributed by atoms with Crippen LogP contribution in [0.4, 0.5) is 0 Å². The van der Waals surface area contributed by atoms with E-state index in [1.54, 1.807) is 0 Å². The normalized spacial score (nSPS) is 16.8. The van der Waals surface area contributed by atoms with Gasteiger partial charge in [-0.05, 0) is 36.8 Å². The molecular formula is C21H19N5O. The van der Waals surface area contributed by atoms with Crippen LogP contribution in [0.3, 0.4) is 0 Å². The van der Waals surface area contributed by atoms with Crippen molar-refractivity contribution in [1.29, 1.82) is 0 Å². The summed E-state index contributed by atoms with van der Waals surface area (Å²) in [6, 6.07) is 14.2. The molecule has 1 aromatic carbocycles. The lowest BCUT2D eigenvalue weighted by atomic mass is 9.94. The number of aromatic nitrogens is 4. The highest BCUT2D eigenvalue weighted by molar-refractivity contribution is 5.78. The highest BCUT2D eigenvalue weighted by Gasteiger charge is 2.29. The molecule has 0 spiro atoms. The van der Waals surface area contributed by atoms with Crippen LogP contribution >= 0.6 is 0 Å². The van der Waals surface area contributed by atoms with E-state index in [1.807, 2.05) is 53.6 Å². The van der Waals surface area contributed by atoms with Crippen molar-refractivity contribution in [2.24, 2.45) is 0 Å². The predicted molar refractivity (Wildman–Crippen MR) is 102 cm³/mol. The maximum atomic E-state index is 12.3. The van der Waals surface area contributed by atoms with E-state index in [2.05, 4.69) is 33.9 Å². The Morgan fingerprint density at radius 1 is 1.19 bits per heavy atom. The van der Waals surface area contributed by atoms with E-state index in [9.17, 15) is 4.79 Å². The summed E-state index contributed by atoms with van der Waals surface area (Å²) >= 11 is 0. The topological polar surface area (TPSA) is 64.2 Å². The molecular weight excluding hydrogens is 338 g/mol. The quantitative estimate of drug-likeness (QED) is 0.600. The Morgan fingerprint density at radius 2 is 2.11 bits per heavy atom. The van der Waals surface area contributed by atoms with E-state index in [1.165, 1.54) is 5.56 Å². The number of fused-ring (bicyclic) bond motifs is 3. The van der Waals surface area contributed by atoms with E-state index in [0.717, 1.165) is 28.3 Å². The number of hydrogen-bond acceptors (Lipinski definition) is 3. The first-order chi connectivity index (χ1) is 13.2. The summed E-state index contributed by atoms with van der Waals surface area (Å²) in [5, 5.41) is 7.52. The summed E-state index contributed by atoms with van der Waals surface area (Å²) in [6.07, 6.45) is 6.27. The number of rotatable bonds is 2. The van der Waals surface area contributed by atoms with E-state index < -0.39 is 0 Å². The zero-order valence-electron chi connectivity index (χ0n) is 15.0. The minimum absolute atomic E-state index is 0.0333. The lowest BCUT2D eigenvalue weighted by Gasteiger charge is -2.13. The smallest absolute Gasteiger partial charge is 0.221 e. The van der Waals surface area contributed by atoms with Crippen LogP contribution in [0.2, 0.25) is 0 Å². The Labute approximate surface area is 156 Å². The van der Waals surface area contributed by atoms with Crippen molar-refractivity contribution in [3.63, 3.8) is 0 Å². The van der Waals surface area contributed by atoms with Gasteiger partial charge in [-0.2, -0.15) is 5.10 Å². The molecule has 0 saturated heterocycles. The highest BCUT2D eigenvalue weighted by Crippen LogP contribution is 2.33. The summed E-state index contributed by atoms with van der Waals surface area (Å²) in [5.41, 5.74) is 6.09. The summed E-state index contributed by atoms with van der Waals surface area (Å²) in [5.74, 6) is -0.0514. The lowest BCUT2D eigenvalue weighted by Crippen LogP contribution is -2.21. The molecule has 27 heavy (non-hydrogen) atoms. The van der Waals surface area contributed by atoms with Gasteiger partial charge in [0.05, 0.1) is 29.8 Å². The van der Waals surface area contributed by atoms with Gasteiger partial charge in [-0.25, -0.2) is 9.67 Å². The number of carbonyl (C=O) groups excluding carboxylic acids is 1. The molecule has 5 rings (SSSR count). The number of carbonyl (C=O) groups is 1. The second kappa shape index (κ2) is 6.09. The van der Waals surface area contributed by atoms with Gasteiger partial charge in [0, 0.05) is 30.3 Å². The molecule has 1 amide bonds. The molecule has 0 fully saturated rings. The molecule has 1 unspecified atom stereocenters. The largest absolute Gasteiger partial charge is 0.350 e. The number of aryl methyl sites for hydroxylation is 1. The molecule has 3 aromatic heterocycles. The standard InChI is InChI=1S/C21H19N5O/c1-14-5-4-6-16(9-14)26-13-15(11-23-26)17-10-20(27)22-12-18-21(17)25-8-3-2-7-19(25)24-18/h2-9,11,13,17H,10,12H2,1H3,(H,22,27). The van der Waals surface area contributed by atoms with E-state index in [0.29, 0.717) is 13.0 Å². The predicted octanol–water partition coefficient (Wildman–Crippen LogP) is 2.98. The molecule has 0 saturated carbocycles. The zero-order chi connectivity index (χ0) is 18.4. The second-order valence-corrected chi connectivity index (χ2v) is 6.96. The molecule has 0 aliphatic carbocycles. The number of imidazole rings is 1. The Morgan fingerprint density at radius 3 is 3.00 bits per heavy atom.